The third-order valence-corrected chi connectivity index (χ3v) is 9.99. The number of allylic oxidation sites excluding steroid dienone is 2. The van der Waals surface area contributed by atoms with Crippen LogP contribution in [0.2, 0.25) is 0 Å². The van der Waals surface area contributed by atoms with E-state index in [1.165, 1.54) is 24.8 Å². The van der Waals surface area contributed by atoms with E-state index in [2.05, 4.69) is 32.6 Å². The number of fused-ring (bicyclic) bond motifs is 7. The fourth-order valence-electron chi connectivity index (χ4n) is 9.07. The largest absolute Gasteiger partial charge is 0.295 e. The lowest BCUT2D eigenvalue weighted by molar-refractivity contribution is -0.117. The predicted octanol–water partition coefficient (Wildman–Crippen LogP) is 5.71. The Bertz CT molecular complexity index is 759. The Morgan fingerprint density at radius 1 is 1.30 bits per heavy atom. The van der Waals surface area contributed by atoms with Crippen molar-refractivity contribution in [3.05, 3.63) is 24.3 Å². The van der Waals surface area contributed by atoms with Gasteiger partial charge in [-0.05, 0) is 97.9 Å². The lowest BCUT2D eigenvalue weighted by atomic mass is 9.44. The molecule has 5 aliphatic carbocycles. The van der Waals surface area contributed by atoms with E-state index >= 15 is 0 Å². The summed E-state index contributed by atoms with van der Waals surface area (Å²) in [4.78, 5) is 12.0. The number of hydrogen-bond acceptors (Lipinski definition) is 2. The van der Waals surface area contributed by atoms with Crippen molar-refractivity contribution in [3.8, 4) is 6.07 Å². The Hall–Kier alpha value is -1.36. The molecule has 0 saturated heterocycles. The summed E-state index contributed by atoms with van der Waals surface area (Å²) >= 11 is 0. The smallest absolute Gasteiger partial charge is 0.155 e. The van der Waals surface area contributed by atoms with Gasteiger partial charge in [-0.2, -0.15) is 5.26 Å². The van der Waals surface area contributed by atoms with Gasteiger partial charge in [-0.15, -0.1) is 6.58 Å². The molecule has 0 radical (unpaired) electrons. The topological polar surface area (TPSA) is 40.9 Å². The number of ketones is 1. The van der Waals surface area contributed by atoms with Gasteiger partial charge in [0, 0.05) is 6.42 Å². The van der Waals surface area contributed by atoms with Gasteiger partial charge < -0.3 is 0 Å². The quantitative estimate of drug-likeness (QED) is 0.603. The first-order valence-electron chi connectivity index (χ1n) is 11.3. The zero-order valence-corrected chi connectivity index (χ0v) is 16.9. The third kappa shape index (κ3) is 1.99. The van der Waals surface area contributed by atoms with Crippen molar-refractivity contribution in [2.45, 2.75) is 65.2 Å². The van der Waals surface area contributed by atoms with E-state index in [1.54, 1.807) is 0 Å². The first-order valence-corrected chi connectivity index (χ1v) is 11.3. The highest BCUT2D eigenvalue weighted by atomic mass is 16.1. The normalized spacial score (nSPS) is 52.6. The van der Waals surface area contributed by atoms with Crippen LogP contribution in [0.1, 0.15) is 65.2 Å². The molecule has 0 spiro atoms. The molecule has 0 bridgehead atoms. The van der Waals surface area contributed by atoms with Crippen LogP contribution < -0.4 is 0 Å². The van der Waals surface area contributed by atoms with Gasteiger partial charge in [-0.3, -0.25) is 4.79 Å². The maximum Gasteiger partial charge on any atom is 0.155 e. The van der Waals surface area contributed by atoms with E-state index in [9.17, 15) is 10.1 Å². The highest BCUT2D eigenvalue weighted by molar-refractivity contribution is 5.91. The zero-order chi connectivity index (χ0) is 19.0. The van der Waals surface area contributed by atoms with E-state index in [1.807, 2.05) is 6.08 Å². The molecule has 27 heavy (non-hydrogen) atoms. The second-order valence-electron chi connectivity index (χ2n) is 10.2. The molecule has 0 aromatic carbocycles. The van der Waals surface area contributed by atoms with Crippen LogP contribution in [0, 0.1) is 63.6 Å². The van der Waals surface area contributed by atoms with Crippen molar-refractivity contribution in [3.63, 3.8) is 0 Å². The summed E-state index contributed by atoms with van der Waals surface area (Å²) in [5.74, 6) is 4.96. The molecule has 144 valence electrons. The van der Waals surface area contributed by atoms with Crippen LogP contribution in [0.5, 0.6) is 0 Å². The fraction of sp³-hybridized carbons (Fsp3) is 0.760. The number of nitriles is 1. The minimum absolute atomic E-state index is 0.0909. The van der Waals surface area contributed by atoms with Gasteiger partial charge in [0.2, 0.25) is 0 Å². The molecule has 2 nitrogen and oxygen atoms in total. The van der Waals surface area contributed by atoms with Crippen molar-refractivity contribution in [1.29, 1.82) is 5.26 Å². The highest BCUT2D eigenvalue weighted by Crippen LogP contribution is 2.81. The molecule has 9 atom stereocenters. The Kier molecular flexibility index (Phi) is 3.82. The second kappa shape index (κ2) is 5.82. The summed E-state index contributed by atoms with van der Waals surface area (Å²) in [6.07, 6.45) is 13.0. The lowest BCUT2D eigenvalue weighted by Crippen LogP contribution is -2.54. The van der Waals surface area contributed by atoms with Crippen LogP contribution in [0.25, 0.3) is 0 Å². The Balaban J connectivity index is 1.60. The number of carbonyl (C=O) groups excluding carboxylic acids is 1. The van der Waals surface area contributed by atoms with Crippen LogP contribution >= 0.6 is 0 Å². The number of carbonyl (C=O) groups is 1. The minimum Gasteiger partial charge on any atom is -0.295 e. The van der Waals surface area contributed by atoms with Crippen molar-refractivity contribution in [1.82, 2.24) is 0 Å². The molecule has 0 heterocycles. The van der Waals surface area contributed by atoms with Crippen molar-refractivity contribution < 1.29 is 4.79 Å². The highest BCUT2D eigenvalue weighted by Gasteiger charge is 2.77. The molecule has 0 aromatic rings. The maximum absolute atomic E-state index is 12.0. The van der Waals surface area contributed by atoms with Crippen molar-refractivity contribution in [2.75, 3.05) is 0 Å². The van der Waals surface area contributed by atoms with E-state index in [-0.39, 0.29) is 10.8 Å². The summed E-state index contributed by atoms with van der Waals surface area (Å²) in [5.41, 5.74) is 1.55. The molecule has 4 saturated carbocycles. The summed E-state index contributed by atoms with van der Waals surface area (Å²) in [6, 6.07) is 2.92. The average molecular weight is 364 g/mol. The summed E-state index contributed by atoms with van der Waals surface area (Å²) in [5, 5.41) is 10.4. The first kappa shape index (κ1) is 17.7. The van der Waals surface area contributed by atoms with Crippen LogP contribution in [-0.4, -0.2) is 5.78 Å². The molecular weight excluding hydrogens is 330 g/mol. The van der Waals surface area contributed by atoms with Gasteiger partial charge in [0.1, 0.15) is 0 Å². The van der Waals surface area contributed by atoms with Gasteiger partial charge in [0.05, 0.1) is 11.5 Å². The third-order valence-electron chi connectivity index (χ3n) is 9.99. The molecule has 4 fully saturated rings. The summed E-state index contributed by atoms with van der Waals surface area (Å²) in [6.45, 7) is 8.86. The van der Waals surface area contributed by atoms with E-state index in [0.717, 1.165) is 38.0 Å². The second-order valence-corrected chi connectivity index (χ2v) is 10.2. The van der Waals surface area contributed by atoms with E-state index in [0.29, 0.717) is 41.3 Å². The number of hydrogen-bond donors (Lipinski definition) is 0. The molecule has 1 unspecified atom stereocenters. The van der Waals surface area contributed by atoms with Crippen LogP contribution in [0.4, 0.5) is 0 Å². The van der Waals surface area contributed by atoms with Gasteiger partial charge in [0.15, 0.2) is 5.78 Å². The molecule has 0 aromatic heterocycles. The van der Waals surface area contributed by atoms with Crippen molar-refractivity contribution >= 4 is 5.78 Å². The summed E-state index contributed by atoms with van der Waals surface area (Å²) < 4.78 is 0. The SMILES string of the molecule is C=C[C@@H]1CC2=CC(=O)CC[C@@H]2[C@H]2CC[C@@]3(CC)[C@@H]([C@@H]4C[C@@H]4C3(C#N)CC)[C@@H]21. The zero-order valence-electron chi connectivity index (χ0n) is 16.9. The van der Waals surface area contributed by atoms with Gasteiger partial charge in [0.25, 0.3) is 0 Å². The average Bonchev–Trinajstić information content (AvgIpc) is 3.44. The van der Waals surface area contributed by atoms with Gasteiger partial charge in [-0.1, -0.05) is 25.5 Å². The van der Waals surface area contributed by atoms with Gasteiger partial charge in [-0.25, -0.2) is 0 Å². The monoisotopic (exact) mass is 363 g/mol. The number of rotatable bonds is 3. The Morgan fingerprint density at radius 2 is 2.11 bits per heavy atom. The number of nitrogens with zero attached hydrogens (tertiary/aromatic N) is 1. The minimum atomic E-state index is -0.0909. The van der Waals surface area contributed by atoms with Crippen molar-refractivity contribution in [2.24, 2.45) is 52.3 Å². The standard InChI is InChI=1S/C25H33NO/c1-4-15-11-16-12-17(27)7-8-18(16)19-9-10-24(5-2)23(22(15)19)20-13-21(20)25(24,6-3)14-26/h4,12,15,18-23H,1,5-11,13H2,2-3H3/t15-,18+,19-,20-,21+,22-,23+,24+,25?/m1/s1. The first-order chi connectivity index (χ1) is 13.1. The molecule has 5 aliphatic rings. The molecule has 2 heteroatoms. The molecule has 0 aliphatic heterocycles. The summed E-state index contributed by atoms with van der Waals surface area (Å²) in [7, 11) is 0. The maximum atomic E-state index is 12.0. The Labute approximate surface area is 164 Å². The Morgan fingerprint density at radius 3 is 2.78 bits per heavy atom. The van der Waals surface area contributed by atoms with Crippen LogP contribution in [-0.2, 0) is 4.79 Å². The molecular formula is C25H33NO. The molecule has 5 rings (SSSR count). The fourth-order valence-corrected chi connectivity index (χ4v) is 9.07. The van der Waals surface area contributed by atoms with E-state index in [4.69, 9.17) is 0 Å². The van der Waals surface area contributed by atoms with Crippen LogP contribution in [0.3, 0.4) is 0 Å². The van der Waals surface area contributed by atoms with Gasteiger partial charge >= 0.3 is 0 Å². The molecule has 0 N–H and O–H groups in total. The lowest BCUT2D eigenvalue weighted by Gasteiger charge is -2.60. The van der Waals surface area contributed by atoms with Crippen LogP contribution in [0.15, 0.2) is 24.3 Å². The molecule has 0 amide bonds. The van der Waals surface area contributed by atoms with E-state index < -0.39 is 0 Å². The predicted molar refractivity (Wildman–Crippen MR) is 106 cm³/mol.